The van der Waals surface area contributed by atoms with Crippen LogP contribution in [-0.4, -0.2) is 35.2 Å². The molecule has 1 aliphatic rings. The Morgan fingerprint density at radius 3 is 3.12 bits per heavy atom. The molecule has 0 saturated carbocycles. The second-order valence-electron chi connectivity index (χ2n) is 4.28. The van der Waals surface area contributed by atoms with E-state index in [0.29, 0.717) is 24.7 Å². The number of carbonyl (C=O) groups excluding carboxylic acids is 1. The van der Waals surface area contributed by atoms with Gasteiger partial charge in [-0.1, -0.05) is 11.6 Å². The van der Waals surface area contributed by atoms with Crippen LogP contribution in [0.2, 0.25) is 0 Å². The standard InChI is InChI=1S/C11H18N4O2/c1-8-14-10(17-15-8)5-7-13-11(16)9-4-2-3-6-12-9/h9,12H,2-7H2,1H3,(H,13,16). The number of hydrogen-bond donors (Lipinski definition) is 2. The molecular formula is C11H18N4O2. The number of piperidine rings is 1. The number of aryl methyl sites for hydroxylation is 1. The summed E-state index contributed by atoms with van der Waals surface area (Å²) in [5.41, 5.74) is 0. The van der Waals surface area contributed by atoms with Crippen LogP contribution in [-0.2, 0) is 11.2 Å². The van der Waals surface area contributed by atoms with Crippen molar-refractivity contribution >= 4 is 5.91 Å². The van der Waals surface area contributed by atoms with Crippen LogP contribution in [0.1, 0.15) is 31.0 Å². The quantitative estimate of drug-likeness (QED) is 0.782. The van der Waals surface area contributed by atoms with E-state index in [2.05, 4.69) is 20.8 Å². The van der Waals surface area contributed by atoms with Gasteiger partial charge in [-0.05, 0) is 26.3 Å². The van der Waals surface area contributed by atoms with E-state index in [4.69, 9.17) is 4.52 Å². The molecule has 17 heavy (non-hydrogen) atoms. The molecule has 1 unspecified atom stereocenters. The maximum atomic E-state index is 11.8. The van der Waals surface area contributed by atoms with E-state index in [1.807, 2.05) is 0 Å². The minimum absolute atomic E-state index is 0.0341. The third-order valence-electron chi connectivity index (χ3n) is 2.83. The Bertz CT molecular complexity index is 371. The van der Waals surface area contributed by atoms with Gasteiger partial charge in [-0.2, -0.15) is 4.98 Å². The first-order valence-electron chi connectivity index (χ1n) is 6.06. The molecule has 1 atom stereocenters. The van der Waals surface area contributed by atoms with Gasteiger partial charge in [0.05, 0.1) is 6.04 Å². The van der Waals surface area contributed by atoms with E-state index in [9.17, 15) is 4.79 Å². The molecule has 0 aliphatic carbocycles. The van der Waals surface area contributed by atoms with E-state index in [-0.39, 0.29) is 11.9 Å². The van der Waals surface area contributed by atoms with Crippen molar-refractivity contribution in [3.8, 4) is 0 Å². The topological polar surface area (TPSA) is 80.0 Å². The Labute approximate surface area is 100 Å². The molecule has 2 N–H and O–H groups in total. The predicted molar refractivity (Wildman–Crippen MR) is 61.4 cm³/mol. The molecule has 1 amide bonds. The molecule has 2 rings (SSSR count). The Hall–Kier alpha value is -1.43. The summed E-state index contributed by atoms with van der Waals surface area (Å²) in [6.07, 6.45) is 3.78. The van der Waals surface area contributed by atoms with Gasteiger partial charge in [0.1, 0.15) is 0 Å². The fourth-order valence-electron chi connectivity index (χ4n) is 1.93. The van der Waals surface area contributed by atoms with Crippen LogP contribution < -0.4 is 10.6 Å². The van der Waals surface area contributed by atoms with Crippen molar-refractivity contribution in [1.82, 2.24) is 20.8 Å². The second kappa shape index (κ2) is 5.77. The van der Waals surface area contributed by atoms with Gasteiger partial charge >= 0.3 is 0 Å². The van der Waals surface area contributed by atoms with Crippen molar-refractivity contribution in [2.45, 2.75) is 38.6 Å². The lowest BCUT2D eigenvalue weighted by Gasteiger charge is -2.22. The summed E-state index contributed by atoms with van der Waals surface area (Å²) in [6.45, 7) is 3.25. The van der Waals surface area contributed by atoms with Crippen molar-refractivity contribution in [3.05, 3.63) is 11.7 Å². The number of nitrogens with zero attached hydrogens (tertiary/aromatic N) is 2. The van der Waals surface area contributed by atoms with Crippen LogP contribution in [0.3, 0.4) is 0 Å². The van der Waals surface area contributed by atoms with Crippen molar-refractivity contribution in [1.29, 1.82) is 0 Å². The van der Waals surface area contributed by atoms with Gasteiger partial charge in [0.2, 0.25) is 11.8 Å². The van der Waals surface area contributed by atoms with Crippen LogP contribution in [0, 0.1) is 6.92 Å². The van der Waals surface area contributed by atoms with Gasteiger partial charge in [0.15, 0.2) is 5.82 Å². The molecule has 0 bridgehead atoms. The molecule has 94 valence electrons. The lowest BCUT2D eigenvalue weighted by molar-refractivity contribution is -0.123. The Balaban J connectivity index is 1.69. The summed E-state index contributed by atoms with van der Waals surface area (Å²) in [6, 6.07) is -0.0341. The summed E-state index contributed by atoms with van der Waals surface area (Å²) >= 11 is 0. The Morgan fingerprint density at radius 1 is 1.59 bits per heavy atom. The number of amides is 1. The van der Waals surface area contributed by atoms with Crippen molar-refractivity contribution in [2.24, 2.45) is 0 Å². The lowest BCUT2D eigenvalue weighted by Crippen LogP contribution is -2.47. The lowest BCUT2D eigenvalue weighted by atomic mass is 10.0. The summed E-state index contributed by atoms with van der Waals surface area (Å²) in [4.78, 5) is 15.8. The molecule has 6 nitrogen and oxygen atoms in total. The first kappa shape index (κ1) is 12.0. The molecule has 1 saturated heterocycles. The predicted octanol–water partition coefficient (Wildman–Crippen LogP) is 0.179. The van der Waals surface area contributed by atoms with Gasteiger partial charge < -0.3 is 15.2 Å². The maximum Gasteiger partial charge on any atom is 0.237 e. The van der Waals surface area contributed by atoms with Gasteiger partial charge in [-0.3, -0.25) is 4.79 Å². The molecule has 1 aromatic rings. The van der Waals surface area contributed by atoms with E-state index in [1.54, 1.807) is 6.92 Å². The normalized spacial score (nSPS) is 20.2. The first-order chi connectivity index (χ1) is 8.25. The number of hydrogen-bond acceptors (Lipinski definition) is 5. The molecule has 0 aromatic carbocycles. The van der Waals surface area contributed by atoms with Gasteiger partial charge in [-0.25, -0.2) is 0 Å². The molecule has 0 spiro atoms. The summed E-state index contributed by atoms with van der Waals surface area (Å²) in [7, 11) is 0. The molecule has 6 heteroatoms. The average molecular weight is 238 g/mol. The highest BCUT2D eigenvalue weighted by molar-refractivity contribution is 5.81. The highest BCUT2D eigenvalue weighted by Crippen LogP contribution is 2.06. The molecular weight excluding hydrogens is 220 g/mol. The smallest absolute Gasteiger partial charge is 0.237 e. The van der Waals surface area contributed by atoms with Gasteiger partial charge in [-0.15, -0.1) is 0 Å². The minimum Gasteiger partial charge on any atom is -0.354 e. The third-order valence-corrected chi connectivity index (χ3v) is 2.83. The zero-order valence-electron chi connectivity index (χ0n) is 10.0. The third kappa shape index (κ3) is 3.52. The molecule has 1 aromatic heterocycles. The fraction of sp³-hybridized carbons (Fsp3) is 0.727. The molecule has 1 aliphatic heterocycles. The Morgan fingerprint density at radius 2 is 2.47 bits per heavy atom. The first-order valence-corrected chi connectivity index (χ1v) is 6.06. The van der Waals surface area contributed by atoms with E-state index >= 15 is 0 Å². The van der Waals surface area contributed by atoms with E-state index in [0.717, 1.165) is 25.8 Å². The van der Waals surface area contributed by atoms with Crippen molar-refractivity contribution in [2.75, 3.05) is 13.1 Å². The average Bonchev–Trinajstić information content (AvgIpc) is 2.76. The highest BCUT2D eigenvalue weighted by atomic mass is 16.5. The second-order valence-corrected chi connectivity index (χ2v) is 4.28. The molecule has 0 radical (unpaired) electrons. The zero-order valence-corrected chi connectivity index (χ0v) is 10.0. The minimum atomic E-state index is -0.0341. The van der Waals surface area contributed by atoms with Crippen LogP contribution in [0.25, 0.3) is 0 Å². The zero-order chi connectivity index (χ0) is 12.1. The van der Waals surface area contributed by atoms with Crippen LogP contribution in [0.15, 0.2) is 4.52 Å². The largest absolute Gasteiger partial charge is 0.354 e. The van der Waals surface area contributed by atoms with Crippen LogP contribution in [0.4, 0.5) is 0 Å². The van der Waals surface area contributed by atoms with Gasteiger partial charge in [0.25, 0.3) is 0 Å². The molecule has 1 fully saturated rings. The Kier molecular flexibility index (Phi) is 4.08. The number of nitrogens with one attached hydrogen (secondary N) is 2. The fourth-order valence-corrected chi connectivity index (χ4v) is 1.93. The number of aromatic nitrogens is 2. The molecule has 2 heterocycles. The van der Waals surface area contributed by atoms with E-state index < -0.39 is 0 Å². The van der Waals surface area contributed by atoms with Crippen LogP contribution >= 0.6 is 0 Å². The summed E-state index contributed by atoms with van der Waals surface area (Å²) in [5, 5.41) is 9.78. The highest BCUT2D eigenvalue weighted by Gasteiger charge is 2.19. The summed E-state index contributed by atoms with van der Waals surface area (Å²) < 4.78 is 4.96. The van der Waals surface area contributed by atoms with Crippen molar-refractivity contribution in [3.63, 3.8) is 0 Å². The number of carbonyl (C=O) groups is 1. The van der Waals surface area contributed by atoms with Crippen LogP contribution in [0.5, 0.6) is 0 Å². The van der Waals surface area contributed by atoms with Gasteiger partial charge in [0, 0.05) is 13.0 Å². The number of rotatable bonds is 4. The summed E-state index contributed by atoms with van der Waals surface area (Å²) in [5.74, 6) is 1.26. The maximum absolute atomic E-state index is 11.8. The monoisotopic (exact) mass is 238 g/mol. The SMILES string of the molecule is Cc1noc(CCNC(=O)C2CCCCN2)n1. The van der Waals surface area contributed by atoms with E-state index in [1.165, 1.54) is 0 Å². The van der Waals surface area contributed by atoms with Crippen molar-refractivity contribution < 1.29 is 9.32 Å².